The molecule has 7 nitrogen and oxygen atoms in total. The fourth-order valence-corrected chi connectivity index (χ4v) is 2.98. The number of carbonyl (C=O) groups excluding carboxylic acids is 1. The number of esters is 1. The number of aromatic hydroxyl groups is 1. The van der Waals surface area contributed by atoms with Gasteiger partial charge in [0.1, 0.15) is 17.3 Å². The number of benzene rings is 2. The summed E-state index contributed by atoms with van der Waals surface area (Å²) in [5.41, 5.74) is 2.06. The first kappa shape index (κ1) is 17.5. The van der Waals surface area contributed by atoms with Crippen molar-refractivity contribution in [3.63, 3.8) is 0 Å². The number of ether oxygens (including phenoxy) is 1. The number of imidazole rings is 1. The monoisotopic (exact) mass is 374 g/mol. The first-order valence-corrected chi connectivity index (χ1v) is 8.83. The van der Waals surface area contributed by atoms with E-state index in [1.54, 1.807) is 60.0 Å². The largest absolute Gasteiger partial charge is 0.507 e. The minimum absolute atomic E-state index is 0.104. The number of nitrogens with zero attached hydrogens (tertiary/aromatic N) is 3. The van der Waals surface area contributed by atoms with Gasteiger partial charge in [-0.15, -0.1) is 0 Å². The van der Waals surface area contributed by atoms with E-state index in [4.69, 9.17) is 4.74 Å². The van der Waals surface area contributed by atoms with Gasteiger partial charge in [0.15, 0.2) is 0 Å². The second-order valence-corrected chi connectivity index (χ2v) is 6.01. The normalized spacial score (nSPS) is 10.8. The summed E-state index contributed by atoms with van der Waals surface area (Å²) in [5, 5.41) is 13.6. The Morgan fingerprint density at radius 1 is 1.14 bits per heavy atom. The van der Waals surface area contributed by atoms with E-state index >= 15 is 0 Å². The second-order valence-electron chi connectivity index (χ2n) is 6.01. The van der Waals surface area contributed by atoms with Gasteiger partial charge in [-0.2, -0.15) is 0 Å². The Hall–Kier alpha value is -3.87. The number of para-hydroxylation sites is 2. The van der Waals surface area contributed by atoms with E-state index < -0.39 is 5.97 Å². The third kappa shape index (κ3) is 3.14. The lowest BCUT2D eigenvalue weighted by atomic mass is 10.1. The molecule has 2 heterocycles. The van der Waals surface area contributed by atoms with E-state index in [0.29, 0.717) is 34.1 Å². The molecule has 28 heavy (non-hydrogen) atoms. The van der Waals surface area contributed by atoms with Crippen molar-refractivity contribution in [3.05, 3.63) is 72.6 Å². The fourth-order valence-electron chi connectivity index (χ4n) is 2.98. The summed E-state index contributed by atoms with van der Waals surface area (Å²) in [7, 11) is 0. The Bertz CT molecular complexity index is 1150. The van der Waals surface area contributed by atoms with Crippen LogP contribution in [0.4, 0.5) is 11.5 Å². The molecule has 0 aliphatic rings. The maximum atomic E-state index is 12.3. The molecule has 0 saturated carbocycles. The zero-order valence-electron chi connectivity index (χ0n) is 15.2. The molecule has 0 aliphatic heterocycles. The van der Waals surface area contributed by atoms with Crippen molar-refractivity contribution < 1.29 is 14.6 Å². The maximum absolute atomic E-state index is 12.3. The van der Waals surface area contributed by atoms with E-state index in [0.717, 1.165) is 0 Å². The average Bonchev–Trinajstić information content (AvgIpc) is 3.07. The second kappa shape index (κ2) is 7.40. The van der Waals surface area contributed by atoms with Gasteiger partial charge in [-0.05, 0) is 37.3 Å². The third-order valence-electron chi connectivity index (χ3n) is 4.24. The Morgan fingerprint density at radius 2 is 1.93 bits per heavy atom. The molecule has 0 saturated heterocycles. The SMILES string of the molecule is CCOC(=O)c1ccccc1Nc1c(-c2ccccc2O)nc2ncccn12. The van der Waals surface area contributed by atoms with E-state index in [1.165, 1.54) is 0 Å². The quantitative estimate of drug-likeness (QED) is 0.513. The van der Waals surface area contributed by atoms with Crippen LogP contribution in [0.2, 0.25) is 0 Å². The molecule has 2 N–H and O–H groups in total. The number of nitrogens with one attached hydrogen (secondary N) is 1. The van der Waals surface area contributed by atoms with Gasteiger partial charge in [-0.1, -0.05) is 24.3 Å². The molecule has 2 aromatic carbocycles. The lowest BCUT2D eigenvalue weighted by Gasteiger charge is -2.13. The number of rotatable bonds is 5. The lowest BCUT2D eigenvalue weighted by molar-refractivity contribution is 0.0527. The van der Waals surface area contributed by atoms with Crippen LogP contribution in [-0.2, 0) is 4.74 Å². The zero-order valence-corrected chi connectivity index (χ0v) is 15.2. The van der Waals surface area contributed by atoms with Crippen molar-refractivity contribution in [1.29, 1.82) is 0 Å². The van der Waals surface area contributed by atoms with Gasteiger partial charge in [0.05, 0.1) is 17.9 Å². The van der Waals surface area contributed by atoms with E-state index in [9.17, 15) is 9.90 Å². The first-order valence-electron chi connectivity index (χ1n) is 8.83. The number of phenols is 1. The molecular weight excluding hydrogens is 356 g/mol. The molecule has 4 rings (SSSR count). The first-order chi connectivity index (χ1) is 13.7. The van der Waals surface area contributed by atoms with Crippen molar-refractivity contribution in [1.82, 2.24) is 14.4 Å². The summed E-state index contributed by atoms with van der Waals surface area (Å²) in [4.78, 5) is 21.2. The smallest absolute Gasteiger partial charge is 0.340 e. The van der Waals surface area contributed by atoms with Gasteiger partial charge in [0.2, 0.25) is 5.78 Å². The number of carbonyl (C=O) groups is 1. The summed E-state index contributed by atoms with van der Waals surface area (Å²) in [5.74, 6) is 0.743. The Morgan fingerprint density at radius 3 is 2.75 bits per heavy atom. The molecule has 0 atom stereocenters. The lowest BCUT2D eigenvalue weighted by Crippen LogP contribution is -2.08. The highest BCUT2D eigenvalue weighted by Gasteiger charge is 2.20. The van der Waals surface area contributed by atoms with Crippen LogP contribution in [-0.4, -0.2) is 32.1 Å². The number of fused-ring (bicyclic) bond motifs is 1. The zero-order chi connectivity index (χ0) is 19.5. The summed E-state index contributed by atoms with van der Waals surface area (Å²) in [6, 6.07) is 15.8. The Balaban J connectivity index is 1.87. The molecule has 0 aliphatic carbocycles. The van der Waals surface area contributed by atoms with Gasteiger partial charge >= 0.3 is 5.97 Å². The predicted octanol–water partition coefficient (Wildman–Crippen LogP) is 4.02. The van der Waals surface area contributed by atoms with Crippen molar-refractivity contribution in [2.75, 3.05) is 11.9 Å². The van der Waals surface area contributed by atoms with E-state index in [1.807, 2.05) is 18.3 Å². The number of aromatic nitrogens is 3. The van der Waals surface area contributed by atoms with E-state index in [-0.39, 0.29) is 12.4 Å². The highest BCUT2D eigenvalue weighted by molar-refractivity contribution is 5.97. The summed E-state index contributed by atoms with van der Waals surface area (Å²) < 4.78 is 6.92. The van der Waals surface area contributed by atoms with Crippen LogP contribution in [0.5, 0.6) is 5.75 Å². The summed E-state index contributed by atoms with van der Waals surface area (Å²) in [6.07, 6.45) is 3.46. The molecule has 0 amide bonds. The predicted molar refractivity (Wildman–Crippen MR) is 106 cm³/mol. The highest BCUT2D eigenvalue weighted by Crippen LogP contribution is 2.36. The van der Waals surface area contributed by atoms with Crippen LogP contribution < -0.4 is 5.32 Å². The number of phenolic OH excluding ortho intramolecular Hbond substituents is 1. The molecule has 0 spiro atoms. The van der Waals surface area contributed by atoms with Gasteiger partial charge in [0.25, 0.3) is 0 Å². The number of anilines is 2. The number of hydrogen-bond donors (Lipinski definition) is 2. The van der Waals surface area contributed by atoms with Crippen LogP contribution in [0, 0.1) is 0 Å². The molecule has 0 unspecified atom stereocenters. The molecule has 0 radical (unpaired) electrons. The van der Waals surface area contributed by atoms with Crippen LogP contribution in [0.15, 0.2) is 67.0 Å². The summed E-state index contributed by atoms with van der Waals surface area (Å²) in [6.45, 7) is 2.05. The summed E-state index contributed by atoms with van der Waals surface area (Å²) >= 11 is 0. The van der Waals surface area contributed by atoms with Gasteiger partial charge < -0.3 is 15.2 Å². The van der Waals surface area contributed by atoms with Crippen molar-refractivity contribution in [2.45, 2.75) is 6.92 Å². The molecule has 4 aromatic rings. The average molecular weight is 374 g/mol. The molecular formula is C21H18N4O3. The van der Waals surface area contributed by atoms with Crippen molar-refractivity contribution >= 4 is 23.3 Å². The third-order valence-corrected chi connectivity index (χ3v) is 4.24. The van der Waals surface area contributed by atoms with Crippen LogP contribution in [0.1, 0.15) is 17.3 Å². The van der Waals surface area contributed by atoms with Crippen LogP contribution in [0.3, 0.4) is 0 Å². The van der Waals surface area contributed by atoms with Crippen LogP contribution >= 0.6 is 0 Å². The molecule has 7 heteroatoms. The van der Waals surface area contributed by atoms with Crippen molar-refractivity contribution in [3.8, 4) is 17.0 Å². The van der Waals surface area contributed by atoms with E-state index in [2.05, 4.69) is 15.3 Å². The minimum Gasteiger partial charge on any atom is -0.507 e. The molecule has 140 valence electrons. The molecule has 2 aromatic heterocycles. The van der Waals surface area contributed by atoms with Gasteiger partial charge in [0, 0.05) is 18.0 Å². The molecule has 0 bridgehead atoms. The number of hydrogen-bond acceptors (Lipinski definition) is 6. The van der Waals surface area contributed by atoms with Gasteiger partial charge in [-0.3, -0.25) is 4.40 Å². The Labute approximate surface area is 161 Å². The minimum atomic E-state index is -0.415. The van der Waals surface area contributed by atoms with Crippen LogP contribution in [0.25, 0.3) is 17.0 Å². The highest BCUT2D eigenvalue weighted by atomic mass is 16.5. The topological polar surface area (TPSA) is 88.8 Å². The fraction of sp³-hybridized carbons (Fsp3) is 0.0952. The molecule has 0 fully saturated rings. The standard InChI is InChI=1S/C21H18N4O3/c1-2-28-20(27)14-8-3-5-10-16(14)23-19-18(15-9-4-6-11-17(15)26)24-21-22-12-7-13-25(19)21/h3-13,23,26H,2H2,1H3. The maximum Gasteiger partial charge on any atom is 0.340 e. The Kier molecular flexibility index (Phi) is 4.63. The van der Waals surface area contributed by atoms with Crippen molar-refractivity contribution in [2.24, 2.45) is 0 Å². The van der Waals surface area contributed by atoms with Gasteiger partial charge in [-0.25, -0.2) is 14.8 Å².